The number of hydrogen-bond donors (Lipinski definition) is 1. The Balaban J connectivity index is 1.21. The minimum absolute atomic E-state index is 0.212. The van der Waals surface area contributed by atoms with Gasteiger partial charge in [0.2, 0.25) is 0 Å². The molecule has 1 fully saturated rings. The van der Waals surface area contributed by atoms with Gasteiger partial charge in [0.05, 0.1) is 0 Å². The third-order valence-corrected chi connectivity index (χ3v) is 7.46. The third kappa shape index (κ3) is 5.74. The number of nitrogen functional groups attached to an aromatic ring is 1. The van der Waals surface area contributed by atoms with Gasteiger partial charge < -0.3 is 20.1 Å². The molecule has 0 spiro atoms. The Labute approximate surface area is 243 Å². The van der Waals surface area contributed by atoms with Gasteiger partial charge in [-0.3, -0.25) is 4.40 Å². The molecular formula is C32H32FN7O2. The largest absolute Gasteiger partial charge is 0.489 e. The number of likely N-dealkylation sites (tertiary alicyclic amines) is 1. The first-order chi connectivity index (χ1) is 20.3. The number of fused-ring (bicyclic) bond motifs is 1. The van der Waals surface area contributed by atoms with Crippen molar-refractivity contribution in [3.8, 4) is 28.5 Å². The molecule has 2 aromatic carbocycles. The van der Waals surface area contributed by atoms with Crippen LogP contribution in [0.3, 0.4) is 0 Å². The number of aryl methyl sites for hydroxylation is 1. The number of imidazole rings is 1. The Morgan fingerprint density at radius 3 is 2.45 bits per heavy atom. The topological polar surface area (TPSA) is 104 Å². The molecule has 4 heterocycles. The molecule has 1 saturated heterocycles. The first kappa shape index (κ1) is 27.2. The van der Waals surface area contributed by atoms with Crippen molar-refractivity contribution in [2.24, 2.45) is 0 Å². The molecule has 9 nitrogen and oxygen atoms in total. The lowest BCUT2D eigenvalue weighted by Crippen LogP contribution is -2.31. The second kappa shape index (κ2) is 11.5. The number of aromatic nitrogens is 5. The van der Waals surface area contributed by atoms with Gasteiger partial charge in [0, 0.05) is 78.8 Å². The van der Waals surface area contributed by atoms with E-state index in [2.05, 4.69) is 30.8 Å². The van der Waals surface area contributed by atoms with E-state index in [0.29, 0.717) is 34.8 Å². The predicted molar refractivity (Wildman–Crippen MR) is 159 cm³/mol. The normalized spacial score (nSPS) is 13.8. The molecule has 1 aliphatic rings. The molecule has 0 radical (unpaired) electrons. The summed E-state index contributed by atoms with van der Waals surface area (Å²) in [6.45, 7) is 10.1. The average molecular weight is 566 g/mol. The lowest BCUT2D eigenvalue weighted by molar-refractivity contribution is 0.260. The zero-order chi connectivity index (χ0) is 29.2. The van der Waals surface area contributed by atoms with Crippen molar-refractivity contribution in [2.45, 2.75) is 39.2 Å². The van der Waals surface area contributed by atoms with Crippen molar-refractivity contribution in [1.29, 1.82) is 0 Å². The summed E-state index contributed by atoms with van der Waals surface area (Å²) >= 11 is 0. The Hall–Kier alpha value is -4.99. The summed E-state index contributed by atoms with van der Waals surface area (Å²) in [5, 5.41) is 0. The molecule has 2 N–H and O–H groups in total. The van der Waals surface area contributed by atoms with Crippen LogP contribution in [0.2, 0.25) is 0 Å². The highest BCUT2D eigenvalue weighted by molar-refractivity contribution is 5.85. The number of nitrogens with zero attached hydrogens (tertiary/aromatic N) is 6. The van der Waals surface area contributed by atoms with Crippen LogP contribution in [-0.4, -0.2) is 42.3 Å². The van der Waals surface area contributed by atoms with Gasteiger partial charge >= 0.3 is 0 Å². The summed E-state index contributed by atoms with van der Waals surface area (Å²) < 4.78 is 28.2. The molecule has 1 aliphatic heterocycles. The molecule has 0 saturated carbocycles. The van der Waals surface area contributed by atoms with Gasteiger partial charge in [0.15, 0.2) is 0 Å². The second-order valence-electron chi connectivity index (χ2n) is 10.5. The first-order valence-electron chi connectivity index (χ1n) is 13.9. The molecule has 10 heteroatoms. The third-order valence-electron chi connectivity index (χ3n) is 7.46. The van der Waals surface area contributed by atoms with Crippen molar-refractivity contribution < 1.29 is 13.9 Å². The number of rotatable bonds is 8. The number of halogens is 1. The lowest BCUT2D eigenvalue weighted by atomic mass is 9.96. The minimum Gasteiger partial charge on any atom is -0.489 e. The van der Waals surface area contributed by atoms with E-state index in [1.54, 1.807) is 24.7 Å². The van der Waals surface area contributed by atoms with Crippen LogP contribution >= 0.6 is 0 Å². The summed E-state index contributed by atoms with van der Waals surface area (Å²) in [7, 11) is 0. The predicted octanol–water partition coefficient (Wildman–Crippen LogP) is 6.30. The van der Waals surface area contributed by atoms with E-state index in [1.165, 1.54) is 12.1 Å². The highest BCUT2D eigenvalue weighted by Crippen LogP contribution is 2.36. The van der Waals surface area contributed by atoms with Crippen molar-refractivity contribution in [3.63, 3.8) is 0 Å². The van der Waals surface area contributed by atoms with E-state index in [1.807, 2.05) is 44.3 Å². The quantitative estimate of drug-likeness (QED) is 0.234. The fourth-order valence-corrected chi connectivity index (χ4v) is 5.25. The smallest absolute Gasteiger partial charge is 0.150 e. The maximum Gasteiger partial charge on any atom is 0.150 e. The molecule has 6 rings (SSSR count). The summed E-state index contributed by atoms with van der Waals surface area (Å²) in [5.74, 6) is 3.13. The van der Waals surface area contributed by atoms with Gasteiger partial charge in [-0.05, 0) is 51.0 Å². The Kier molecular flexibility index (Phi) is 7.43. The van der Waals surface area contributed by atoms with Crippen LogP contribution in [0.1, 0.15) is 42.9 Å². The van der Waals surface area contributed by atoms with Crippen molar-refractivity contribution in [1.82, 2.24) is 29.2 Å². The molecule has 0 aliphatic carbocycles. The summed E-state index contributed by atoms with van der Waals surface area (Å²) in [6.07, 6.45) is 8.97. The van der Waals surface area contributed by atoms with Gasteiger partial charge in [-0.15, -0.1) is 0 Å². The fourth-order valence-electron chi connectivity index (χ4n) is 5.25. The number of nitrogens with two attached hydrogens (primary N) is 1. The molecule has 0 amide bonds. The Morgan fingerprint density at radius 1 is 1.02 bits per heavy atom. The zero-order valence-corrected chi connectivity index (χ0v) is 23.6. The van der Waals surface area contributed by atoms with E-state index in [-0.39, 0.29) is 6.61 Å². The number of ether oxygens (including phenoxy) is 2. The highest BCUT2D eigenvalue weighted by Gasteiger charge is 2.26. The van der Waals surface area contributed by atoms with Gasteiger partial charge in [0.25, 0.3) is 0 Å². The van der Waals surface area contributed by atoms with Crippen LogP contribution < -0.4 is 15.2 Å². The zero-order valence-electron chi connectivity index (χ0n) is 23.6. The van der Waals surface area contributed by atoms with Crippen molar-refractivity contribution in [2.75, 3.05) is 18.8 Å². The fraction of sp³-hybridized carbons (Fsp3) is 0.250. The van der Waals surface area contributed by atoms with Gasteiger partial charge in [-0.2, -0.15) is 0 Å². The van der Waals surface area contributed by atoms with E-state index in [0.717, 1.165) is 59.8 Å². The molecule has 0 atom stereocenters. The second-order valence-corrected chi connectivity index (χ2v) is 10.5. The maximum atomic E-state index is 14.4. The molecule has 214 valence electrons. The average Bonchev–Trinajstić information content (AvgIpc) is 3.38. The van der Waals surface area contributed by atoms with Gasteiger partial charge in [-0.25, -0.2) is 24.3 Å². The van der Waals surface area contributed by atoms with Crippen molar-refractivity contribution in [3.05, 3.63) is 103 Å². The molecule has 0 unspecified atom stereocenters. The Morgan fingerprint density at radius 2 is 1.74 bits per heavy atom. The van der Waals surface area contributed by atoms with Crippen LogP contribution in [0.25, 0.3) is 16.8 Å². The summed E-state index contributed by atoms with van der Waals surface area (Å²) in [6, 6.07) is 11.8. The minimum atomic E-state index is -0.464. The van der Waals surface area contributed by atoms with Crippen LogP contribution in [0.5, 0.6) is 17.2 Å². The first-order valence-corrected chi connectivity index (χ1v) is 13.9. The standard InChI is InChI=1S/C32H32FN7O2/c1-20(2)39-11-8-24(9-12-39)32-38-29(30-31(34)35-10-13-40(30)32)23-4-6-26(7-5-23)42-28-15-25(33)14-27(16-28)41-19-22-17-36-21(3)37-18-22/h4-7,10,13-18,24H,1,8-9,11-12,19H2,2-3H3,(H2,34,35). The molecule has 42 heavy (non-hydrogen) atoms. The molecule has 0 bridgehead atoms. The highest BCUT2D eigenvalue weighted by atomic mass is 19.1. The summed E-state index contributed by atoms with van der Waals surface area (Å²) in [4.78, 5) is 20.0. The summed E-state index contributed by atoms with van der Waals surface area (Å²) in [5.41, 5.74) is 10.7. The Bertz CT molecular complexity index is 1730. The number of hydrogen-bond acceptors (Lipinski definition) is 8. The number of anilines is 1. The van der Waals surface area contributed by atoms with Crippen LogP contribution in [0.4, 0.5) is 10.2 Å². The van der Waals surface area contributed by atoms with Crippen LogP contribution in [0, 0.1) is 12.7 Å². The monoisotopic (exact) mass is 565 g/mol. The van der Waals surface area contributed by atoms with Gasteiger partial charge in [-0.1, -0.05) is 6.58 Å². The lowest BCUT2D eigenvalue weighted by Gasteiger charge is -2.33. The van der Waals surface area contributed by atoms with Crippen molar-refractivity contribution >= 4 is 11.3 Å². The van der Waals surface area contributed by atoms with Crippen LogP contribution in [0.15, 0.2) is 79.5 Å². The maximum absolute atomic E-state index is 14.4. The SMILES string of the molecule is C=C(C)N1CCC(c2nc(-c3ccc(Oc4cc(F)cc(OCc5cnc(C)nc5)c4)cc3)c3c(N)nccn23)CC1. The molecular weight excluding hydrogens is 533 g/mol. The van der Waals surface area contributed by atoms with E-state index in [9.17, 15) is 4.39 Å². The number of allylic oxidation sites excluding steroid dienone is 1. The van der Waals surface area contributed by atoms with Crippen LogP contribution in [-0.2, 0) is 6.61 Å². The molecule has 3 aromatic heterocycles. The van der Waals surface area contributed by atoms with E-state index < -0.39 is 5.82 Å². The number of piperidine rings is 1. The van der Waals surface area contributed by atoms with E-state index >= 15 is 0 Å². The van der Waals surface area contributed by atoms with Gasteiger partial charge in [0.1, 0.15) is 58.3 Å². The van der Waals surface area contributed by atoms with E-state index in [4.69, 9.17) is 20.2 Å². The molecule has 5 aromatic rings. The number of benzene rings is 2.